The van der Waals surface area contributed by atoms with Gasteiger partial charge < -0.3 is 5.11 Å². The number of hydrogen-bond donors (Lipinski definition) is 1. The number of ketones is 1. The molecule has 1 radical (unpaired) electrons. The number of hydrogen-bond acceptors (Lipinski definition) is 5. The first-order valence-corrected chi connectivity index (χ1v) is 26.0. The zero-order chi connectivity index (χ0) is 38.3. The van der Waals surface area contributed by atoms with E-state index in [-0.39, 0.29) is 43.5 Å². The molecule has 0 fully saturated rings. The van der Waals surface area contributed by atoms with Gasteiger partial charge >= 0.3 is 0 Å². The van der Waals surface area contributed by atoms with Crippen molar-refractivity contribution in [3.63, 3.8) is 0 Å². The molecule has 54 heavy (non-hydrogen) atoms. The van der Waals surface area contributed by atoms with E-state index in [1.54, 1.807) is 6.33 Å². The Morgan fingerprint density at radius 2 is 1.33 bits per heavy atom. The Morgan fingerprint density at radius 1 is 0.796 bits per heavy atom. The van der Waals surface area contributed by atoms with Crippen molar-refractivity contribution >= 4 is 74.3 Å². The molecular formula is C46H55IrN2O2SSi2-. The summed E-state index contributed by atoms with van der Waals surface area (Å²) in [6.45, 7) is 20.0. The number of aliphatic hydroxyl groups is 1. The quantitative estimate of drug-likeness (QED) is 0.0575. The van der Waals surface area contributed by atoms with Gasteiger partial charge in [-0.3, -0.25) is 9.78 Å². The third-order valence-corrected chi connectivity index (χ3v) is 19.7. The van der Waals surface area contributed by atoms with E-state index in [2.05, 4.69) is 130 Å². The molecule has 0 spiro atoms. The van der Waals surface area contributed by atoms with Crippen LogP contribution in [-0.4, -0.2) is 37.0 Å². The van der Waals surface area contributed by atoms with Crippen LogP contribution in [0.2, 0.25) is 26.2 Å². The van der Waals surface area contributed by atoms with Gasteiger partial charge in [0.15, 0.2) is 13.9 Å². The van der Waals surface area contributed by atoms with Crippen LogP contribution in [0.25, 0.3) is 32.2 Å². The summed E-state index contributed by atoms with van der Waals surface area (Å²) >= 11 is 1.89. The molecular weight excluding hydrogens is 893 g/mol. The predicted octanol–water partition coefficient (Wildman–Crippen LogP) is 10.1. The zero-order valence-corrected chi connectivity index (χ0v) is 38.5. The summed E-state index contributed by atoms with van der Waals surface area (Å²) in [5.41, 5.74) is 4.42. The van der Waals surface area contributed by atoms with Crippen LogP contribution in [-0.2, 0) is 24.9 Å². The van der Waals surface area contributed by atoms with Crippen molar-refractivity contribution in [1.82, 2.24) is 9.97 Å². The first-order valence-electron chi connectivity index (χ1n) is 19.1. The van der Waals surface area contributed by atoms with Crippen molar-refractivity contribution in [3.8, 4) is 11.3 Å². The first kappa shape index (κ1) is 43.2. The normalized spacial score (nSPS) is 12.2. The Labute approximate surface area is 342 Å². The second-order valence-corrected chi connectivity index (χ2v) is 25.5. The zero-order valence-electron chi connectivity index (χ0n) is 33.3. The van der Waals surface area contributed by atoms with Gasteiger partial charge in [0.2, 0.25) is 0 Å². The van der Waals surface area contributed by atoms with Crippen LogP contribution >= 0.6 is 11.3 Å². The minimum Gasteiger partial charge on any atom is -0.512 e. The SMILES string of the molecule is CCC(CC)C(=O)/C=C(\O)C(CC)CC.Cc1c([Si](C)(c2ccccc2)c2ccccc2)sc2c(-c3[c-]c4ccccc4c([Si](C)(C)C)c3)ncnc12.[Ir]. The number of nitrogens with zero attached hydrogens (tertiary/aromatic N) is 2. The van der Waals surface area contributed by atoms with E-state index in [0.717, 1.165) is 47.8 Å². The van der Waals surface area contributed by atoms with Gasteiger partial charge in [-0.15, -0.1) is 40.1 Å². The van der Waals surface area contributed by atoms with Gasteiger partial charge in [-0.05, 0) is 48.5 Å². The van der Waals surface area contributed by atoms with Crippen molar-refractivity contribution in [1.29, 1.82) is 0 Å². The van der Waals surface area contributed by atoms with Crippen molar-refractivity contribution in [2.24, 2.45) is 11.8 Å². The summed E-state index contributed by atoms with van der Waals surface area (Å²) in [5, 5.41) is 16.5. The molecule has 0 atom stereocenters. The number of aliphatic hydroxyl groups excluding tert-OH is 1. The molecule has 0 aliphatic carbocycles. The van der Waals surface area contributed by atoms with E-state index in [4.69, 9.17) is 9.97 Å². The molecule has 2 heterocycles. The predicted molar refractivity (Wildman–Crippen MR) is 234 cm³/mol. The van der Waals surface area contributed by atoms with E-state index >= 15 is 0 Å². The van der Waals surface area contributed by atoms with Crippen molar-refractivity contribution in [3.05, 3.63) is 121 Å². The number of thiophene rings is 1. The van der Waals surface area contributed by atoms with Crippen LogP contribution in [0.1, 0.15) is 58.9 Å². The Kier molecular flexibility index (Phi) is 15.1. The van der Waals surface area contributed by atoms with Crippen LogP contribution in [0.15, 0.2) is 109 Å². The fourth-order valence-electron chi connectivity index (χ4n) is 7.42. The maximum atomic E-state index is 11.7. The molecule has 0 bridgehead atoms. The average molecular weight is 948 g/mol. The molecule has 0 aliphatic heterocycles. The van der Waals surface area contributed by atoms with Crippen molar-refractivity contribution in [2.45, 2.75) is 86.5 Å². The third-order valence-electron chi connectivity index (χ3n) is 10.8. The summed E-state index contributed by atoms with van der Waals surface area (Å²) in [6.07, 6.45) is 6.64. The molecule has 0 unspecified atom stereocenters. The van der Waals surface area contributed by atoms with E-state index in [1.165, 1.54) is 41.8 Å². The second-order valence-electron chi connectivity index (χ2n) is 15.2. The molecule has 0 saturated carbocycles. The molecule has 2 aromatic heterocycles. The van der Waals surface area contributed by atoms with Gasteiger partial charge in [0, 0.05) is 52.9 Å². The molecule has 285 valence electrons. The maximum absolute atomic E-state index is 11.7. The standard InChI is InChI=1S/C33H31N2SSi2.C13H24O2.Ir/c1-23-30-32(36-33(23)38(5,26-15-8-6-9-16-26)27-17-10-7-11-18-27)31(35-22-34-30)25-20-24-14-12-13-19-28(24)29(21-25)37(2,3)4;1-5-10(6-2)12(14)9-13(15)11(7-3)8-4;/h6-19,21-22H,1-5H3;9-11,14H,5-8H2,1-4H3;/q-1;;/b;12-9-;. The number of benzene rings is 4. The fourth-order valence-corrected chi connectivity index (χ4v) is 15.3. The minimum atomic E-state index is -2.27. The maximum Gasteiger partial charge on any atom is 0.162 e. The number of aromatic nitrogens is 2. The number of rotatable bonds is 12. The van der Waals surface area contributed by atoms with Crippen LogP contribution in [0.3, 0.4) is 0 Å². The molecule has 1 N–H and O–H groups in total. The van der Waals surface area contributed by atoms with Crippen molar-refractivity contribution < 1.29 is 30.0 Å². The molecule has 4 aromatic carbocycles. The van der Waals surface area contributed by atoms with Gasteiger partial charge in [0.05, 0.1) is 19.3 Å². The summed E-state index contributed by atoms with van der Waals surface area (Å²) in [5.74, 6) is 0.547. The van der Waals surface area contributed by atoms with Gasteiger partial charge in [-0.25, -0.2) is 4.98 Å². The minimum absolute atomic E-state index is 0. The van der Waals surface area contributed by atoms with E-state index in [0.29, 0.717) is 0 Å². The summed E-state index contributed by atoms with van der Waals surface area (Å²) in [6, 6.07) is 36.8. The van der Waals surface area contributed by atoms with Crippen LogP contribution in [0, 0.1) is 24.8 Å². The second kappa shape index (κ2) is 18.9. The number of allylic oxidation sites excluding steroid dienone is 2. The summed E-state index contributed by atoms with van der Waals surface area (Å²) in [4.78, 5) is 21.4. The van der Waals surface area contributed by atoms with Gasteiger partial charge in [0.25, 0.3) is 0 Å². The van der Waals surface area contributed by atoms with E-state index in [9.17, 15) is 9.90 Å². The topological polar surface area (TPSA) is 63.1 Å². The van der Waals surface area contributed by atoms with Crippen LogP contribution in [0.4, 0.5) is 0 Å². The van der Waals surface area contributed by atoms with Gasteiger partial charge in [-0.2, -0.15) is 0 Å². The molecule has 0 aliphatic rings. The number of carbonyl (C=O) groups is 1. The van der Waals surface area contributed by atoms with Gasteiger partial charge in [-0.1, -0.05) is 144 Å². The van der Waals surface area contributed by atoms with Crippen LogP contribution < -0.4 is 20.1 Å². The van der Waals surface area contributed by atoms with E-state index < -0.39 is 16.1 Å². The molecule has 0 saturated heterocycles. The Balaban J connectivity index is 0.000000347. The monoisotopic (exact) mass is 948 g/mol. The van der Waals surface area contributed by atoms with E-state index in [1.807, 2.05) is 39.0 Å². The number of aryl methyl sites for hydroxylation is 1. The Bertz CT molecular complexity index is 2150. The number of fused-ring (bicyclic) bond motifs is 2. The number of carbonyl (C=O) groups excluding carboxylic acids is 1. The summed E-state index contributed by atoms with van der Waals surface area (Å²) in [7, 11) is -3.87. The summed E-state index contributed by atoms with van der Waals surface area (Å²) < 4.78 is 2.61. The molecule has 8 heteroatoms. The molecule has 6 rings (SSSR count). The largest absolute Gasteiger partial charge is 0.512 e. The Hall–Kier alpha value is -3.53. The fraction of sp³-hybridized carbons (Fsp3) is 0.326. The van der Waals surface area contributed by atoms with Crippen molar-refractivity contribution in [2.75, 3.05) is 0 Å². The first-order chi connectivity index (χ1) is 25.4. The average Bonchev–Trinajstić information content (AvgIpc) is 3.52. The molecule has 0 amide bonds. The smallest absolute Gasteiger partial charge is 0.162 e. The van der Waals surface area contributed by atoms with Gasteiger partial charge in [0.1, 0.15) is 6.33 Å². The molecule has 6 aromatic rings. The Morgan fingerprint density at radius 3 is 1.87 bits per heavy atom. The third kappa shape index (κ3) is 9.12. The van der Waals surface area contributed by atoms with Crippen LogP contribution in [0.5, 0.6) is 0 Å². The molecule has 4 nitrogen and oxygen atoms in total.